The number of aromatic nitrogens is 3. The highest BCUT2D eigenvalue weighted by Gasteiger charge is 2.24. The van der Waals surface area contributed by atoms with Crippen LogP contribution in [0.3, 0.4) is 0 Å². The van der Waals surface area contributed by atoms with Crippen LogP contribution in [0.2, 0.25) is 0 Å². The number of hydrogen-bond acceptors (Lipinski definition) is 1. The van der Waals surface area contributed by atoms with Crippen molar-refractivity contribution < 1.29 is 4.57 Å². The van der Waals surface area contributed by atoms with Crippen LogP contribution >= 0.6 is 0 Å². The van der Waals surface area contributed by atoms with Gasteiger partial charge in [-0.25, -0.2) is 4.57 Å². The Hall–Kier alpha value is -3.98. The van der Waals surface area contributed by atoms with Crippen molar-refractivity contribution in [2.75, 3.05) is 0 Å². The molecule has 7 rings (SSSR count). The highest BCUT2D eigenvalue weighted by Crippen LogP contribution is 2.41. The molecule has 0 aliphatic carbocycles. The van der Waals surface area contributed by atoms with Crippen molar-refractivity contribution in [3.8, 4) is 11.1 Å². The van der Waals surface area contributed by atoms with E-state index in [1.807, 2.05) is 12.4 Å². The minimum absolute atomic E-state index is 1.16. The van der Waals surface area contributed by atoms with E-state index in [0.29, 0.717) is 0 Å². The fraction of sp³-hybridized carbons (Fsp3) is 0.0714. The monoisotopic (exact) mass is 398 g/mol. The van der Waals surface area contributed by atoms with Gasteiger partial charge < -0.3 is 4.40 Å². The highest BCUT2D eigenvalue weighted by molar-refractivity contribution is 6.26. The summed E-state index contributed by atoms with van der Waals surface area (Å²) in [5.74, 6) is 0. The fourth-order valence-electron chi connectivity index (χ4n) is 5.36. The molecule has 0 aliphatic heterocycles. The van der Waals surface area contributed by atoms with Gasteiger partial charge in [0.05, 0.1) is 33.5 Å². The Labute approximate surface area is 179 Å². The van der Waals surface area contributed by atoms with E-state index in [4.69, 9.17) is 0 Å². The SMILES string of the molecule is Cc1ccc2c3ccncc3n3c4cc(-c5ccccc5)cc5cc[n+](C)c(c1c23)c54. The predicted molar refractivity (Wildman–Crippen MR) is 128 cm³/mol. The molecule has 146 valence electrons. The molecule has 0 amide bonds. The molecule has 0 fully saturated rings. The molecule has 7 aromatic rings. The van der Waals surface area contributed by atoms with Gasteiger partial charge in [0.15, 0.2) is 6.20 Å². The van der Waals surface area contributed by atoms with E-state index in [9.17, 15) is 0 Å². The van der Waals surface area contributed by atoms with E-state index in [2.05, 4.69) is 101 Å². The van der Waals surface area contributed by atoms with E-state index in [-0.39, 0.29) is 0 Å². The zero-order valence-electron chi connectivity index (χ0n) is 17.4. The third-order valence-electron chi connectivity index (χ3n) is 6.74. The lowest BCUT2D eigenvalue weighted by atomic mass is 9.96. The van der Waals surface area contributed by atoms with Gasteiger partial charge in [0.2, 0.25) is 5.52 Å². The number of rotatable bonds is 1. The van der Waals surface area contributed by atoms with E-state index >= 15 is 0 Å². The first kappa shape index (κ1) is 16.8. The summed E-state index contributed by atoms with van der Waals surface area (Å²) in [5.41, 5.74) is 8.73. The van der Waals surface area contributed by atoms with Gasteiger partial charge in [-0.3, -0.25) is 4.98 Å². The average Bonchev–Trinajstić information content (AvgIpc) is 3.15. The van der Waals surface area contributed by atoms with Crippen LogP contribution in [0.5, 0.6) is 0 Å². The van der Waals surface area contributed by atoms with Crippen molar-refractivity contribution in [3.63, 3.8) is 0 Å². The zero-order valence-corrected chi connectivity index (χ0v) is 17.4. The summed E-state index contributed by atoms with van der Waals surface area (Å²) in [5, 5.41) is 6.42. The minimum Gasteiger partial charge on any atom is -0.306 e. The van der Waals surface area contributed by atoms with Crippen LogP contribution in [-0.4, -0.2) is 9.38 Å². The standard InChI is InChI=1S/C28H20N3/c1-17-8-9-22-21-10-12-29-16-24(21)31-23-15-20(18-6-4-3-5-7-18)14-19-11-13-30(2)28(26(19)23)25(17)27(22)31/h3-16H,1-2H3/q+1. The third-order valence-corrected chi connectivity index (χ3v) is 6.74. The topological polar surface area (TPSA) is 21.2 Å². The Morgan fingerprint density at radius 2 is 1.68 bits per heavy atom. The molecule has 0 radical (unpaired) electrons. The van der Waals surface area contributed by atoms with Crippen molar-refractivity contribution in [3.05, 3.63) is 90.9 Å². The maximum atomic E-state index is 4.48. The quantitative estimate of drug-likeness (QED) is 0.184. The van der Waals surface area contributed by atoms with E-state index in [1.54, 1.807) is 0 Å². The molecule has 3 aromatic carbocycles. The normalized spacial score (nSPS) is 12.2. The molecule has 0 saturated heterocycles. The molecular formula is C28H20N3+. The number of nitrogens with zero attached hydrogens (tertiary/aromatic N) is 3. The van der Waals surface area contributed by atoms with Crippen molar-refractivity contribution in [1.29, 1.82) is 0 Å². The van der Waals surface area contributed by atoms with Gasteiger partial charge >= 0.3 is 0 Å². The van der Waals surface area contributed by atoms with Crippen molar-refractivity contribution in [2.45, 2.75) is 6.92 Å². The molecule has 4 heterocycles. The highest BCUT2D eigenvalue weighted by atomic mass is 15.0. The lowest BCUT2D eigenvalue weighted by Gasteiger charge is -2.14. The summed E-state index contributed by atoms with van der Waals surface area (Å²) in [4.78, 5) is 4.48. The first-order valence-corrected chi connectivity index (χ1v) is 10.6. The van der Waals surface area contributed by atoms with Gasteiger partial charge in [-0.15, -0.1) is 0 Å². The number of pyridine rings is 3. The Morgan fingerprint density at radius 3 is 2.55 bits per heavy atom. The Balaban J connectivity index is 1.86. The minimum atomic E-state index is 1.16. The van der Waals surface area contributed by atoms with Crippen LogP contribution in [0, 0.1) is 6.92 Å². The van der Waals surface area contributed by atoms with Gasteiger partial charge in [0.1, 0.15) is 7.05 Å². The maximum absolute atomic E-state index is 4.48. The average molecular weight is 398 g/mol. The summed E-state index contributed by atoms with van der Waals surface area (Å²) in [6.45, 7) is 2.22. The van der Waals surface area contributed by atoms with Crippen molar-refractivity contribution >= 4 is 49.0 Å². The third kappa shape index (κ3) is 2.08. The van der Waals surface area contributed by atoms with Crippen LogP contribution in [0.15, 0.2) is 85.3 Å². The van der Waals surface area contributed by atoms with E-state index in [1.165, 1.54) is 60.2 Å². The predicted octanol–water partition coefficient (Wildman–Crippen LogP) is 6.18. The Bertz CT molecular complexity index is 1790. The number of hydrogen-bond donors (Lipinski definition) is 0. The number of aryl methyl sites for hydroxylation is 2. The summed E-state index contributed by atoms with van der Waals surface area (Å²) in [6.07, 6.45) is 6.09. The van der Waals surface area contributed by atoms with Crippen LogP contribution in [-0.2, 0) is 7.05 Å². The largest absolute Gasteiger partial charge is 0.306 e. The molecule has 31 heavy (non-hydrogen) atoms. The first-order chi connectivity index (χ1) is 15.2. The molecule has 3 heteroatoms. The van der Waals surface area contributed by atoms with Gasteiger partial charge in [-0.1, -0.05) is 42.5 Å². The molecule has 0 aliphatic rings. The molecule has 0 atom stereocenters. The summed E-state index contributed by atoms with van der Waals surface area (Å²) < 4.78 is 4.71. The molecular weight excluding hydrogens is 378 g/mol. The van der Waals surface area contributed by atoms with E-state index < -0.39 is 0 Å². The second-order valence-electron chi connectivity index (χ2n) is 8.48. The molecule has 0 N–H and O–H groups in total. The first-order valence-electron chi connectivity index (χ1n) is 10.6. The molecule has 0 bridgehead atoms. The summed E-state index contributed by atoms with van der Waals surface area (Å²) in [7, 11) is 2.15. The molecule has 0 saturated carbocycles. The number of benzene rings is 3. The fourth-order valence-corrected chi connectivity index (χ4v) is 5.36. The lowest BCUT2D eigenvalue weighted by molar-refractivity contribution is -0.643. The second-order valence-corrected chi connectivity index (χ2v) is 8.48. The molecule has 0 spiro atoms. The summed E-state index contributed by atoms with van der Waals surface area (Å²) in [6, 6.07) is 24.2. The van der Waals surface area contributed by atoms with Crippen LogP contribution in [0.1, 0.15) is 5.56 Å². The van der Waals surface area contributed by atoms with Crippen molar-refractivity contribution in [2.24, 2.45) is 7.05 Å². The Kier molecular flexibility index (Phi) is 3.14. The Morgan fingerprint density at radius 1 is 0.806 bits per heavy atom. The zero-order chi connectivity index (χ0) is 20.7. The van der Waals surface area contributed by atoms with Gasteiger partial charge in [-0.2, -0.15) is 0 Å². The maximum Gasteiger partial charge on any atom is 0.224 e. The van der Waals surface area contributed by atoms with Gasteiger partial charge in [-0.05, 0) is 47.2 Å². The van der Waals surface area contributed by atoms with E-state index in [0.717, 1.165) is 5.52 Å². The molecule has 0 unspecified atom stereocenters. The summed E-state index contributed by atoms with van der Waals surface area (Å²) >= 11 is 0. The molecule has 4 aromatic heterocycles. The van der Waals surface area contributed by atoms with Crippen LogP contribution in [0.4, 0.5) is 0 Å². The van der Waals surface area contributed by atoms with Crippen molar-refractivity contribution in [1.82, 2.24) is 9.38 Å². The lowest BCUT2D eigenvalue weighted by Crippen LogP contribution is -2.28. The van der Waals surface area contributed by atoms with Crippen LogP contribution < -0.4 is 4.57 Å². The van der Waals surface area contributed by atoms with Gasteiger partial charge in [0, 0.05) is 23.0 Å². The number of fused-ring (bicyclic) bond motifs is 5. The van der Waals surface area contributed by atoms with Gasteiger partial charge in [0.25, 0.3) is 0 Å². The smallest absolute Gasteiger partial charge is 0.224 e. The van der Waals surface area contributed by atoms with Crippen LogP contribution in [0.25, 0.3) is 60.1 Å². The second kappa shape index (κ2) is 5.79. The molecule has 3 nitrogen and oxygen atoms in total.